The highest BCUT2D eigenvalue weighted by Gasteiger charge is 2.12. The van der Waals surface area contributed by atoms with Crippen molar-refractivity contribution in [3.8, 4) is 11.8 Å². The minimum atomic E-state index is 0.349. The number of nitriles is 1. The number of ether oxygens (including phenoxy) is 1. The lowest BCUT2D eigenvalue weighted by molar-refractivity contribution is 0.289. The van der Waals surface area contributed by atoms with E-state index >= 15 is 0 Å². The Morgan fingerprint density at radius 3 is 2.74 bits per heavy atom. The van der Waals surface area contributed by atoms with Gasteiger partial charge in [-0.25, -0.2) is 0 Å². The summed E-state index contributed by atoms with van der Waals surface area (Å²) in [4.78, 5) is 0. The van der Waals surface area contributed by atoms with Crippen LogP contribution in [0.15, 0.2) is 66.3 Å². The van der Waals surface area contributed by atoms with Gasteiger partial charge in [-0.1, -0.05) is 42.1 Å². The van der Waals surface area contributed by atoms with E-state index in [1.165, 1.54) is 0 Å². The molecule has 0 spiro atoms. The Morgan fingerprint density at radius 1 is 1.22 bits per heavy atom. The number of hydrogen-bond donors (Lipinski definition) is 0. The minimum Gasteiger partial charge on any atom is -0.486 e. The maximum Gasteiger partial charge on any atom is 0.191 e. The molecule has 0 aliphatic heterocycles. The highest BCUT2D eigenvalue weighted by atomic mass is 32.2. The van der Waals surface area contributed by atoms with E-state index in [2.05, 4.69) is 22.8 Å². The summed E-state index contributed by atoms with van der Waals surface area (Å²) in [6.07, 6.45) is 1.82. The molecule has 3 rings (SSSR count). The lowest BCUT2D eigenvalue weighted by Crippen LogP contribution is -2.07. The van der Waals surface area contributed by atoms with Crippen molar-refractivity contribution in [2.75, 3.05) is 0 Å². The first-order chi connectivity index (χ1) is 13.2. The van der Waals surface area contributed by atoms with Crippen LogP contribution < -0.4 is 4.74 Å². The molecule has 6 heteroatoms. The molecular formula is C21H20N4OS. The molecule has 0 N–H and O–H groups in total. The van der Waals surface area contributed by atoms with Gasteiger partial charge in [0.15, 0.2) is 11.0 Å². The van der Waals surface area contributed by atoms with Crippen molar-refractivity contribution in [1.29, 1.82) is 5.26 Å². The van der Waals surface area contributed by atoms with Crippen molar-refractivity contribution in [3.05, 3.63) is 83.7 Å². The van der Waals surface area contributed by atoms with Crippen molar-refractivity contribution in [3.63, 3.8) is 0 Å². The molecular weight excluding hydrogens is 356 g/mol. The van der Waals surface area contributed by atoms with Gasteiger partial charge in [0.25, 0.3) is 0 Å². The molecule has 0 saturated carbocycles. The molecule has 5 nitrogen and oxygen atoms in total. The Balaban J connectivity index is 1.68. The van der Waals surface area contributed by atoms with Crippen LogP contribution in [0.3, 0.4) is 0 Å². The van der Waals surface area contributed by atoms with Crippen LogP contribution in [-0.2, 0) is 18.9 Å². The van der Waals surface area contributed by atoms with Crippen molar-refractivity contribution in [2.45, 2.75) is 31.0 Å². The molecule has 0 bridgehead atoms. The lowest BCUT2D eigenvalue weighted by atomic mass is 10.2. The SMILES string of the molecule is C=CCn1c(COc2cccc(C)c2)nnc1SCc1ccc(C#N)cc1. The third-order valence-corrected chi connectivity index (χ3v) is 4.95. The number of aromatic nitrogens is 3. The average Bonchev–Trinajstić information content (AvgIpc) is 3.07. The Labute approximate surface area is 163 Å². The largest absolute Gasteiger partial charge is 0.486 e. The molecule has 1 aromatic heterocycles. The maximum absolute atomic E-state index is 8.88. The first kappa shape index (κ1) is 18.7. The average molecular weight is 376 g/mol. The van der Waals surface area contributed by atoms with Gasteiger partial charge in [-0.05, 0) is 42.3 Å². The second-order valence-corrected chi connectivity index (χ2v) is 6.94. The second-order valence-electron chi connectivity index (χ2n) is 6.00. The van der Waals surface area contributed by atoms with Crippen LogP contribution in [0, 0.1) is 18.3 Å². The van der Waals surface area contributed by atoms with Crippen molar-refractivity contribution in [2.24, 2.45) is 0 Å². The first-order valence-electron chi connectivity index (χ1n) is 8.54. The Hall–Kier alpha value is -3.04. The maximum atomic E-state index is 8.88. The van der Waals surface area contributed by atoms with E-state index in [9.17, 15) is 0 Å². The molecule has 0 saturated heterocycles. The van der Waals surface area contributed by atoms with E-state index in [4.69, 9.17) is 10.00 Å². The molecule has 27 heavy (non-hydrogen) atoms. The van der Waals surface area contributed by atoms with Crippen molar-refractivity contribution in [1.82, 2.24) is 14.8 Å². The van der Waals surface area contributed by atoms with E-state index in [0.29, 0.717) is 18.7 Å². The highest BCUT2D eigenvalue weighted by molar-refractivity contribution is 7.98. The first-order valence-corrected chi connectivity index (χ1v) is 9.52. The van der Waals surface area contributed by atoms with Gasteiger partial charge in [-0.2, -0.15) is 5.26 Å². The van der Waals surface area contributed by atoms with Gasteiger partial charge in [-0.15, -0.1) is 16.8 Å². The number of thioether (sulfide) groups is 1. The Kier molecular flexibility index (Phi) is 6.29. The zero-order valence-electron chi connectivity index (χ0n) is 15.1. The molecule has 0 fully saturated rings. The molecule has 0 aliphatic carbocycles. The number of rotatable bonds is 8. The van der Waals surface area contributed by atoms with Gasteiger partial charge in [0.1, 0.15) is 12.4 Å². The van der Waals surface area contributed by atoms with E-state index in [1.807, 2.05) is 66.1 Å². The quantitative estimate of drug-likeness (QED) is 0.427. The number of nitrogens with zero attached hydrogens (tertiary/aromatic N) is 4. The molecule has 0 atom stereocenters. The zero-order valence-corrected chi connectivity index (χ0v) is 15.9. The highest BCUT2D eigenvalue weighted by Crippen LogP contribution is 2.23. The van der Waals surface area contributed by atoms with Crippen LogP contribution in [-0.4, -0.2) is 14.8 Å². The summed E-state index contributed by atoms with van der Waals surface area (Å²) in [5, 5.41) is 18.3. The summed E-state index contributed by atoms with van der Waals surface area (Å²) in [5.74, 6) is 2.33. The van der Waals surface area contributed by atoms with Gasteiger partial charge in [0.05, 0.1) is 11.6 Å². The number of hydrogen-bond acceptors (Lipinski definition) is 5. The normalized spacial score (nSPS) is 10.4. The topological polar surface area (TPSA) is 63.7 Å². The minimum absolute atomic E-state index is 0.349. The van der Waals surface area contributed by atoms with Crippen LogP contribution in [0.4, 0.5) is 0 Å². The van der Waals surface area contributed by atoms with Crippen LogP contribution in [0.1, 0.15) is 22.5 Å². The Bertz CT molecular complexity index is 957. The summed E-state index contributed by atoms with van der Waals surface area (Å²) in [6, 6.07) is 17.6. The van der Waals surface area contributed by atoms with E-state index in [-0.39, 0.29) is 0 Å². The van der Waals surface area contributed by atoms with Gasteiger partial charge in [-0.3, -0.25) is 4.57 Å². The molecule has 0 radical (unpaired) electrons. The molecule has 136 valence electrons. The third kappa shape index (κ3) is 4.99. The molecule has 1 heterocycles. The predicted molar refractivity (Wildman–Crippen MR) is 106 cm³/mol. The monoisotopic (exact) mass is 376 g/mol. The Morgan fingerprint density at radius 2 is 2.04 bits per heavy atom. The smallest absolute Gasteiger partial charge is 0.191 e. The van der Waals surface area contributed by atoms with E-state index in [0.717, 1.165) is 33.6 Å². The van der Waals surface area contributed by atoms with Crippen LogP contribution >= 0.6 is 11.8 Å². The number of aryl methyl sites for hydroxylation is 1. The number of benzene rings is 2. The van der Waals surface area contributed by atoms with Crippen molar-refractivity contribution < 1.29 is 4.74 Å². The zero-order chi connectivity index (χ0) is 19.1. The van der Waals surface area contributed by atoms with Crippen LogP contribution in [0.25, 0.3) is 0 Å². The molecule has 2 aromatic carbocycles. The summed E-state index contributed by atoms with van der Waals surface area (Å²) in [6.45, 7) is 6.83. The summed E-state index contributed by atoms with van der Waals surface area (Å²) in [5.41, 5.74) is 2.94. The van der Waals surface area contributed by atoms with E-state index in [1.54, 1.807) is 11.8 Å². The van der Waals surface area contributed by atoms with Gasteiger partial charge < -0.3 is 4.74 Å². The molecule has 0 amide bonds. The second kappa shape index (κ2) is 9.06. The fourth-order valence-corrected chi connectivity index (χ4v) is 3.44. The fraction of sp³-hybridized carbons (Fsp3) is 0.190. The van der Waals surface area contributed by atoms with Gasteiger partial charge in [0.2, 0.25) is 0 Å². The van der Waals surface area contributed by atoms with Crippen LogP contribution in [0.5, 0.6) is 5.75 Å². The third-order valence-electron chi connectivity index (χ3n) is 3.91. The molecule has 0 unspecified atom stereocenters. The van der Waals surface area contributed by atoms with Crippen molar-refractivity contribution >= 4 is 11.8 Å². The fourth-order valence-electron chi connectivity index (χ4n) is 2.52. The summed E-state index contributed by atoms with van der Waals surface area (Å²) >= 11 is 1.60. The molecule has 0 aliphatic rings. The summed E-state index contributed by atoms with van der Waals surface area (Å²) < 4.78 is 7.88. The van der Waals surface area contributed by atoms with Gasteiger partial charge in [0, 0.05) is 12.3 Å². The summed E-state index contributed by atoms with van der Waals surface area (Å²) in [7, 11) is 0. The van der Waals surface area contributed by atoms with E-state index < -0.39 is 0 Å². The molecule has 3 aromatic rings. The van der Waals surface area contributed by atoms with Gasteiger partial charge >= 0.3 is 0 Å². The standard InChI is InChI=1S/C21H20N4OS/c1-3-11-25-20(14-26-19-6-4-5-16(2)12-19)23-24-21(25)27-15-18-9-7-17(13-22)8-10-18/h3-10,12H,1,11,14-15H2,2H3. The lowest BCUT2D eigenvalue weighted by Gasteiger charge is -2.09. The predicted octanol–water partition coefficient (Wildman–Crippen LogP) is 4.52. The number of allylic oxidation sites excluding steroid dienone is 1. The van der Waals surface area contributed by atoms with Crippen LogP contribution in [0.2, 0.25) is 0 Å².